The van der Waals surface area contributed by atoms with Gasteiger partial charge in [-0.2, -0.15) is 39.7 Å². The standard InChI is InChI=1S/C31H31F6N5O8S/c1-19-10-12-21(13-11-19)51(45,46)50-25-22(30(32,33)34)16-23(42(43)44)24(39-25)26-40-41-27(49-26)29(31(35,36)37,18-47-15-7-14-28(2,3)38)48-17-20-8-5-4-6-9-20/h4-6,8-13,16H,7,14-15,17-18,38H2,1-3H3. The third-order valence-electron chi connectivity index (χ3n) is 7.14. The number of nitro groups is 1. The van der Waals surface area contributed by atoms with Gasteiger partial charge in [0.05, 0.1) is 18.1 Å². The van der Waals surface area contributed by atoms with Crippen molar-refractivity contribution in [1.82, 2.24) is 15.2 Å². The molecule has 1 unspecified atom stereocenters. The Labute approximate surface area is 287 Å². The van der Waals surface area contributed by atoms with Crippen molar-refractivity contribution in [3.63, 3.8) is 0 Å². The van der Waals surface area contributed by atoms with E-state index >= 15 is 13.2 Å². The number of ether oxygens (including phenoxy) is 2. The lowest BCUT2D eigenvalue weighted by molar-refractivity contribution is -0.384. The normalized spacial score (nSPS) is 13.9. The van der Waals surface area contributed by atoms with E-state index in [0.717, 1.165) is 12.1 Å². The van der Waals surface area contributed by atoms with Crippen molar-refractivity contribution >= 4 is 15.8 Å². The van der Waals surface area contributed by atoms with E-state index in [0.29, 0.717) is 12.0 Å². The molecule has 0 bridgehead atoms. The van der Waals surface area contributed by atoms with Crippen molar-refractivity contribution in [3.8, 4) is 17.5 Å². The van der Waals surface area contributed by atoms with E-state index in [1.165, 1.54) is 36.4 Å². The van der Waals surface area contributed by atoms with Gasteiger partial charge in [0, 0.05) is 18.2 Å². The minimum absolute atomic E-state index is 0.114. The molecule has 0 aliphatic rings. The van der Waals surface area contributed by atoms with Crippen LogP contribution in [-0.4, -0.2) is 53.5 Å². The van der Waals surface area contributed by atoms with Gasteiger partial charge >= 0.3 is 28.2 Å². The van der Waals surface area contributed by atoms with Crippen LogP contribution < -0.4 is 9.92 Å². The predicted octanol–water partition coefficient (Wildman–Crippen LogP) is 6.64. The van der Waals surface area contributed by atoms with E-state index < -0.39 is 91.2 Å². The molecule has 4 rings (SSSR count). The van der Waals surface area contributed by atoms with Gasteiger partial charge in [0.15, 0.2) is 0 Å². The first-order valence-electron chi connectivity index (χ1n) is 14.9. The third kappa shape index (κ3) is 9.57. The van der Waals surface area contributed by atoms with Gasteiger partial charge in [-0.05, 0) is 51.3 Å². The molecule has 0 fully saturated rings. The van der Waals surface area contributed by atoms with Crippen molar-refractivity contribution in [2.24, 2.45) is 5.73 Å². The van der Waals surface area contributed by atoms with Gasteiger partial charge in [-0.15, -0.1) is 10.2 Å². The van der Waals surface area contributed by atoms with Gasteiger partial charge < -0.3 is 23.8 Å². The first-order chi connectivity index (χ1) is 23.6. The zero-order valence-electron chi connectivity index (χ0n) is 27.1. The van der Waals surface area contributed by atoms with Crippen molar-refractivity contribution in [2.45, 2.75) is 68.6 Å². The summed E-state index contributed by atoms with van der Waals surface area (Å²) in [5.74, 6) is -4.23. The smallest absolute Gasteiger partial charge is 0.415 e. The monoisotopic (exact) mass is 747 g/mol. The topological polar surface area (TPSA) is 183 Å². The summed E-state index contributed by atoms with van der Waals surface area (Å²) in [6, 6.07) is 12.2. The second kappa shape index (κ2) is 14.9. The summed E-state index contributed by atoms with van der Waals surface area (Å²) < 4.78 is 134. The summed E-state index contributed by atoms with van der Waals surface area (Å²) in [6.45, 7) is 2.86. The van der Waals surface area contributed by atoms with Crippen molar-refractivity contribution in [1.29, 1.82) is 0 Å². The number of hydrogen-bond acceptors (Lipinski definition) is 12. The van der Waals surface area contributed by atoms with Crippen LogP contribution in [-0.2, 0) is 38.0 Å². The van der Waals surface area contributed by atoms with Gasteiger partial charge in [-0.25, -0.2) is 0 Å². The molecule has 2 heterocycles. The quantitative estimate of drug-likeness (QED) is 0.0450. The Morgan fingerprint density at radius 2 is 1.63 bits per heavy atom. The van der Waals surface area contributed by atoms with E-state index in [9.17, 15) is 31.7 Å². The maximum absolute atomic E-state index is 15.0. The highest BCUT2D eigenvalue weighted by atomic mass is 32.2. The van der Waals surface area contributed by atoms with E-state index in [1.807, 2.05) is 0 Å². The number of benzene rings is 2. The fourth-order valence-corrected chi connectivity index (χ4v) is 5.37. The number of nitrogens with zero attached hydrogens (tertiary/aromatic N) is 4. The molecule has 0 amide bonds. The van der Waals surface area contributed by atoms with Gasteiger partial charge in [0.2, 0.25) is 11.6 Å². The lowest BCUT2D eigenvalue weighted by Gasteiger charge is -2.32. The number of halogens is 6. The fraction of sp³-hybridized carbons (Fsp3) is 0.387. The molecule has 2 N–H and O–H groups in total. The highest BCUT2D eigenvalue weighted by Crippen LogP contribution is 2.45. The maximum Gasteiger partial charge on any atom is 0.428 e. The lowest BCUT2D eigenvalue weighted by atomic mass is 10.0. The molecule has 0 saturated heterocycles. The van der Waals surface area contributed by atoms with Crippen LogP contribution in [0.3, 0.4) is 0 Å². The number of aryl methyl sites for hydroxylation is 1. The van der Waals surface area contributed by atoms with Crippen LogP contribution in [0.1, 0.15) is 49.3 Å². The Balaban J connectivity index is 1.83. The van der Waals surface area contributed by atoms with Crippen LogP contribution in [0.25, 0.3) is 11.6 Å². The molecule has 1 atom stereocenters. The second-order valence-corrected chi connectivity index (χ2v) is 13.5. The number of hydrogen-bond donors (Lipinski definition) is 1. The minimum atomic E-state index is -5.46. The highest BCUT2D eigenvalue weighted by Gasteiger charge is 2.62. The van der Waals surface area contributed by atoms with Crippen molar-refractivity contribution in [2.75, 3.05) is 13.2 Å². The van der Waals surface area contributed by atoms with E-state index in [2.05, 4.69) is 15.2 Å². The van der Waals surface area contributed by atoms with Crippen LogP contribution in [0.5, 0.6) is 5.88 Å². The lowest BCUT2D eigenvalue weighted by Crippen LogP contribution is -2.49. The average molecular weight is 748 g/mol. The fourth-order valence-electron chi connectivity index (χ4n) is 4.46. The largest absolute Gasteiger partial charge is 0.428 e. The van der Waals surface area contributed by atoms with Crippen LogP contribution >= 0.6 is 0 Å². The van der Waals surface area contributed by atoms with E-state index in [4.69, 9.17) is 23.8 Å². The molecule has 13 nitrogen and oxygen atoms in total. The molecule has 276 valence electrons. The number of pyridine rings is 1. The van der Waals surface area contributed by atoms with Crippen molar-refractivity contribution in [3.05, 3.63) is 93.4 Å². The molecule has 0 aliphatic heterocycles. The predicted molar refractivity (Wildman–Crippen MR) is 165 cm³/mol. The zero-order valence-corrected chi connectivity index (χ0v) is 27.9. The summed E-state index contributed by atoms with van der Waals surface area (Å²) in [6.07, 6.45) is -10.2. The number of aromatic nitrogens is 3. The summed E-state index contributed by atoms with van der Waals surface area (Å²) in [4.78, 5) is 13.4. The molecule has 2 aromatic heterocycles. The zero-order chi connectivity index (χ0) is 37.8. The van der Waals surface area contributed by atoms with Gasteiger partial charge in [0.25, 0.3) is 17.4 Å². The summed E-state index contributed by atoms with van der Waals surface area (Å²) in [5, 5.41) is 18.8. The summed E-state index contributed by atoms with van der Waals surface area (Å²) >= 11 is 0. The van der Waals surface area contributed by atoms with Crippen LogP contribution in [0, 0.1) is 17.0 Å². The van der Waals surface area contributed by atoms with E-state index in [1.54, 1.807) is 26.8 Å². The van der Waals surface area contributed by atoms with Crippen molar-refractivity contribution < 1.29 is 57.8 Å². The number of alkyl halides is 6. The van der Waals surface area contributed by atoms with Gasteiger partial charge in [-0.3, -0.25) is 10.1 Å². The van der Waals surface area contributed by atoms with Crippen LogP contribution in [0.15, 0.2) is 70.0 Å². The third-order valence-corrected chi connectivity index (χ3v) is 8.37. The molecule has 0 spiro atoms. The molecule has 0 saturated carbocycles. The molecule has 0 radical (unpaired) electrons. The second-order valence-electron chi connectivity index (χ2n) is 12.0. The Bertz CT molecular complexity index is 1930. The van der Waals surface area contributed by atoms with Gasteiger partial charge in [0.1, 0.15) is 10.5 Å². The number of nitrogens with two attached hydrogens (primary N) is 1. The Morgan fingerprint density at radius 3 is 2.20 bits per heavy atom. The molecular formula is C31H31F6N5O8S. The molecule has 4 aromatic rings. The van der Waals surface area contributed by atoms with Crippen LogP contribution in [0.2, 0.25) is 0 Å². The van der Waals surface area contributed by atoms with Gasteiger partial charge in [-0.1, -0.05) is 48.0 Å². The molecule has 2 aromatic carbocycles. The average Bonchev–Trinajstić information content (AvgIpc) is 3.51. The highest BCUT2D eigenvalue weighted by molar-refractivity contribution is 7.87. The van der Waals surface area contributed by atoms with E-state index in [-0.39, 0.29) is 24.7 Å². The molecule has 0 aliphatic carbocycles. The first-order valence-corrected chi connectivity index (χ1v) is 16.3. The van der Waals surface area contributed by atoms with Crippen LogP contribution in [0.4, 0.5) is 32.0 Å². The molecular weight excluding hydrogens is 716 g/mol. The first kappa shape index (κ1) is 39.1. The Morgan fingerprint density at radius 1 is 0.980 bits per heavy atom. The SMILES string of the molecule is Cc1ccc(S(=O)(=O)Oc2nc(-c3nnc(C(COCCCC(C)(C)N)(OCc4ccccc4)C(F)(F)F)o3)c([N+](=O)[O-])cc2C(F)(F)F)cc1. The molecule has 51 heavy (non-hydrogen) atoms. The maximum atomic E-state index is 15.0. The Kier molecular flexibility index (Phi) is 11.4. The minimum Gasteiger partial charge on any atom is -0.415 e. The number of rotatable bonds is 15. The summed E-state index contributed by atoms with van der Waals surface area (Å²) in [7, 11) is -5.03. The molecule has 20 heteroatoms. The summed E-state index contributed by atoms with van der Waals surface area (Å²) in [5.41, 5.74) is -2.04. The Hall–Kier alpha value is -4.66.